The van der Waals surface area contributed by atoms with Gasteiger partial charge < -0.3 is 10.2 Å². The van der Waals surface area contributed by atoms with Gasteiger partial charge in [0.05, 0.1) is 0 Å². The topological polar surface area (TPSA) is 15.3 Å². The molecule has 1 aliphatic carbocycles. The van der Waals surface area contributed by atoms with Crippen molar-refractivity contribution in [1.82, 2.24) is 10.2 Å². The summed E-state index contributed by atoms with van der Waals surface area (Å²) in [7, 11) is 3.97. The Kier molecular flexibility index (Phi) is 7.13. The summed E-state index contributed by atoms with van der Waals surface area (Å²) >= 11 is 0. The second kappa shape index (κ2) is 10.4. The van der Waals surface area contributed by atoms with Gasteiger partial charge in [-0.2, -0.15) is 0 Å². The average molecular weight is 417 g/mol. The molecule has 1 aromatic carbocycles. The van der Waals surface area contributed by atoms with Crippen LogP contribution in [0.1, 0.15) is 17.5 Å². The molecule has 2 aliphatic heterocycles. The van der Waals surface area contributed by atoms with E-state index in [2.05, 4.69) is 70.3 Å². The average Bonchev–Trinajstić information content (AvgIpc) is 3.08. The van der Waals surface area contributed by atoms with Crippen molar-refractivity contribution in [2.24, 2.45) is 5.92 Å². The van der Waals surface area contributed by atoms with Crippen LogP contribution in [0.3, 0.4) is 0 Å². The third-order valence-corrected chi connectivity index (χ3v) is 7.24. The van der Waals surface area contributed by atoms with E-state index >= 15 is 0 Å². The highest BCUT2D eigenvalue weighted by Gasteiger charge is 2.14. The zero-order valence-corrected chi connectivity index (χ0v) is 18.0. The van der Waals surface area contributed by atoms with Gasteiger partial charge in [0.25, 0.3) is 0 Å². The normalized spacial score (nSPS) is 20.8. The van der Waals surface area contributed by atoms with Gasteiger partial charge in [-0.1, -0.05) is 57.4 Å². The van der Waals surface area contributed by atoms with Crippen LogP contribution < -0.4 is 5.32 Å². The monoisotopic (exact) mass is 416 g/mol. The zero-order chi connectivity index (χ0) is 19.7. The number of nitrogens with zero attached hydrogens (tertiary/aromatic N) is 1. The largest absolute Gasteiger partial charge is 0.387 e. The maximum Gasteiger partial charge on any atom is 0.0425 e. The highest BCUT2D eigenvalue weighted by molar-refractivity contribution is 8.76. The van der Waals surface area contributed by atoms with Crippen molar-refractivity contribution >= 4 is 21.6 Å². The van der Waals surface area contributed by atoms with Gasteiger partial charge in [-0.3, -0.25) is 0 Å². The smallest absolute Gasteiger partial charge is 0.0425 e. The minimum absolute atomic E-state index is 0.299. The molecule has 146 valence electrons. The molecule has 0 aromatic heterocycles. The molecule has 4 heteroatoms. The first-order valence-corrected chi connectivity index (χ1v) is 12.5. The number of allylic oxidation sites excluding steroid dienone is 5. The Hall–Kier alpha value is -2.40. The van der Waals surface area contributed by atoms with E-state index < -0.39 is 0 Å². The molecule has 0 saturated carbocycles. The van der Waals surface area contributed by atoms with Crippen LogP contribution in [0.15, 0.2) is 72.1 Å². The molecule has 1 aromatic rings. The van der Waals surface area contributed by atoms with Crippen molar-refractivity contribution in [2.75, 3.05) is 31.1 Å². The predicted molar refractivity (Wildman–Crippen MR) is 127 cm³/mol. The summed E-state index contributed by atoms with van der Waals surface area (Å²) < 4.78 is 0. The number of rotatable bonds is 1. The van der Waals surface area contributed by atoms with Crippen LogP contribution in [0.2, 0.25) is 0 Å². The summed E-state index contributed by atoms with van der Waals surface area (Å²) in [6, 6.07) is 8.22. The summed E-state index contributed by atoms with van der Waals surface area (Å²) in [5.41, 5.74) is 4.48. The number of dihydropyridines is 1. The van der Waals surface area contributed by atoms with E-state index in [4.69, 9.17) is 0 Å². The van der Waals surface area contributed by atoms with Crippen molar-refractivity contribution in [1.29, 1.82) is 0 Å². The lowest BCUT2D eigenvalue weighted by Crippen LogP contribution is -2.26. The van der Waals surface area contributed by atoms with Crippen LogP contribution in [-0.4, -0.2) is 36.0 Å². The number of benzene rings is 1. The molecule has 29 heavy (non-hydrogen) atoms. The standard InChI is InChI=1S/C25H24N2S2/c1-3-22(7-8-24-13-15-26-16-14-24)4-2-21(1)5-6-23-9-11-25(12-10-23)27-17-19-28-29-20-18-27/h1-4,9,11-15,23,26H,10,16-20H2. The first-order chi connectivity index (χ1) is 14.4. The lowest BCUT2D eigenvalue weighted by Gasteiger charge is -2.25. The van der Waals surface area contributed by atoms with E-state index in [0.717, 1.165) is 42.8 Å². The highest BCUT2D eigenvalue weighted by atomic mass is 33.1. The van der Waals surface area contributed by atoms with E-state index in [-0.39, 0.29) is 0 Å². The molecule has 2 heterocycles. The Labute approximate surface area is 182 Å². The third kappa shape index (κ3) is 6.04. The summed E-state index contributed by atoms with van der Waals surface area (Å²) in [5, 5.41) is 3.13. The first kappa shape index (κ1) is 19.9. The van der Waals surface area contributed by atoms with Crippen LogP contribution in [0.4, 0.5) is 0 Å². The Balaban J connectivity index is 1.33. The van der Waals surface area contributed by atoms with Gasteiger partial charge in [0.2, 0.25) is 0 Å². The Morgan fingerprint density at radius 3 is 2.31 bits per heavy atom. The highest BCUT2D eigenvalue weighted by Crippen LogP contribution is 2.27. The van der Waals surface area contributed by atoms with Crippen LogP contribution in [0.5, 0.6) is 0 Å². The van der Waals surface area contributed by atoms with E-state index in [1.807, 2.05) is 46.0 Å². The Bertz CT molecular complexity index is 954. The van der Waals surface area contributed by atoms with Gasteiger partial charge in [0.1, 0.15) is 0 Å². The minimum Gasteiger partial charge on any atom is -0.387 e. The van der Waals surface area contributed by atoms with Crippen LogP contribution in [-0.2, 0) is 0 Å². The van der Waals surface area contributed by atoms with Gasteiger partial charge in [0, 0.05) is 59.5 Å². The fourth-order valence-electron chi connectivity index (χ4n) is 3.24. The molecule has 1 atom stereocenters. The molecule has 1 N–H and O–H groups in total. The molecule has 3 aliphatic rings. The lowest BCUT2D eigenvalue weighted by atomic mass is 9.99. The molecule has 2 nitrogen and oxygen atoms in total. The number of nitrogens with one attached hydrogen (secondary N) is 1. The molecular formula is C25H24N2S2. The maximum absolute atomic E-state index is 3.41. The fourth-order valence-corrected chi connectivity index (χ4v) is 5.22. The minimum atomic E-state index is 0.299. The van der Waals surface area contributed by atoms with Crippen molar-refractivity contribution in [3.63, 3.8) is 0 Å². The maximum atomic E-state index is 3.41. The summed E-state index contributed by atoms with van der Waals surface area (Å²) in [6.07, 6.45) is 13.9. The van der Waals surface area contributed by atoms with Gasteiger partial charge in [-0.15, -0.1) is 0 Å². The number of hydrogen-bond donors (Lipinski definition) is 1. The molecule has 0 amide bonds. The van der Waals surface area contributed by atoms with Crippen LogP contribution >= 0.6 is 21.6 Å². The molecule has 4 rings (SSSR count). The van der Waals surface area contributed by atoms with Crippen LogP contribution in [0, 0.1) is 29.6 Å². The quantitative estimate of drug-likeness (QED) is 0.532. The van der Waals surface area contributed by atoms with Gasteiger partial charge >= 0.3 is 0 Å². The predicted octanol–water partition coefficient (Wildman–Crippen LogP) is 4.59. The van der Waals surface area contributed by atoms with Crippen molar-refractivity contribution in [2.45, 2.75) is 6.42 Å². The molecule has 0 radical (unpaired) electrons. The molecule has 0 bridgehead atoms. The lowest BCUT2D eigenvalue weighted by molar-refractivity contribution is 0.398. The molecule has 1 saturated heterocycles. The second-order valence-electron chi connectivity index (χ2n) is 6.96. The van der Waals surface area contributed by atoms with Gasteiger partial charge in [-0.25, -0.2) is 0 Å². The summed E-state index contributed by atoms with van der Waals surface area (Å²) in [5.74, 6) is 15.8. The molecule has 1 fully saturated rings. The summed E-state index contributed by atoms with van der Waals surface area (Å²) in [6.45, 7) is 3.13. The van der Waals surface area contributed by atoms with Crippen molar-refractivity contribution in [3.8, 4) is 23.7 Å². The molecular weight excluding hydrogens is 392 g/mol. The SMILES string of the molecule is C(#Cc1ccc(C#CC2C=CC(N3CCSSCC3)=CC2)cc1)C1=CCNC=C1. The van der Waals surface area contributed by atoms with Gasteiger partial charge in [0.15, 0.2) is 0 Å². The number of hydrogen-bond acceptors (Lipinski definition) is 4. The first-order valence-electron chi connectivity index (χ1n) is 9.98. The van der Waals surface area contributed by atoms with E-state index in [9.17, 15) is 0 Å². The fraction of sp³-hybridized carbons (Fsp3) is 0.280. The molecule has 0 spiro atoms. The zero-order valence-electron chi connectivity index (χ0n) is 16.4. The second-order valence-corrected chi connectivity index (χ2v) is 9.66. The van der Waals surface area contributed by atoms with E-state index in [0.29, 0.717) is 5.92 Å². The van der Waals surface area contributed by atoms with Crippen molar-refractivity contribution < 1.29 is 0 Å². The van der Waals surface area contributed by atoms with E-state index in [1.54, 1.807) is 0 Å². The Morgan fingerprint density at radius 1 is 0.897 bits per heavy atom. The molecule has 1 unspecified atom stereocenters. The summed E-state index contributed by atoms with van der Waals surface area (Å²) in [4.78, 5) is 2.50. The van der Waals surface area contributed by atoms with Crippen LogP contribution in [0.25, 0.3) is 0 Å². The third-order valence-electron chi connectivity index (χ3n) is 4.88. The van der Waals surface area contributed by atoms with Gasteiger partial charge in [-0.05, 0) is 55.1 Å². The van der Waals surface area contributed by atoms with E-state index in [1.165, 1.54) is 17.2 Å². The van der Waals surface area contributed by atoms with Crippen molar-refractivity contribution in [3.05, 3.63) is 83.2 Å². The Morgan fingerprint density at radius 2 is 1.66 bits per heavy atom.